The monoisotopic (exact) mass is 326 g/mol. The number of carbonyl (C=O) groups excluding carboxylic acids is 1. The Morgan fingerprint density at radius 3 is 2.73 bits per heavy atom. The van der Waals surface area contributed by atoms with Gasteiger partial charge in [-0.2, -0.15) is 0 Å². The molecule has 2 aliphatic rings. The van der Waals surface area contributed by atoms with Gasteiger partial charge in [0.15, 0.2) is 0 Å². The zero-order valence-corrected chi connectivity index (χ0v) is 13.6. The highest BCUT2D eigenvalue weighted by atomic mass is 35.5. The summed E-state index contributed by atoms with van der Waals surface area (Å²) in [6, 6.07) is 6.95. The summed E-state index contributed by atoms with van der Waals surface area (Å²) in [6.45, 7) is 1.71. The topological polar surface area (TPSA) is 41.1 Å². The Bertz CT molecular complexity index is 511. The number of carbonyl (C=O) groups is 1. The molecule has 3 nitrogen and oxygen atoms in total. The fraction of sp³-hybridized carbons (Fsp3) is 0.588. The molecule has 1 aromatic rings. The summed E-state index contributed by atoms with van der Waals surface area (Å²) in [5.41, 5.74) is 0.303. The number of benzene rings is 1. The average molecular weight is 327 g/mol. The van der Waals surface area contributed by atoms with Crippen LogP contribution in [0.2, 0.25) is 0 Å². The van der Waals surface area contributed by atoms with Crippen molar-refractivity contribution in [3.8, 4) is 0 Å². The van der Waals surface area contributed by atoms with Crippen molar-refractivity contribution in [2.75, 3.05) is 13.1 Å². The lowest BCUT2D eigenvalue weighted by atomic mass is 9.78. The first-order chi connectivity index (χ1) is 10.2. The van der Waals surface area contributed by atoms with Gasteiger partial charge in [0, 0.05) is 12.6 Å². The van der Waals surface area contributed by atoms with E-state index in [1.165, 1.54) is 18.6 Å². The molecule has 22 heavy (non-hydrogen) atoms. The van der Waals surface area contributed by atoms with Crippen LogP contribution in [0.5, 0.6) is 0 Å². The van der Waals surface area contributed by atoms with Crippen LogP contribution in [0.3, 0.4) is 0 Å². The molecule has 5 heteroatoms. The molecule has 1 saturated heterocycles. The van der Waals surface area contributed by atoms with Crippen LogP contribution in [-0.2, 0) is 10.2 Å². The van der Waals surface area contributed by atoms with Gasteiger partial charge in [0.05, 0.1) is 5.41 Å². The van der Waals surface area contributed by atoms with Gasteiger partial charge in [-0.05, 0) is 49.9 Å². The third-order valence-electron chi connectivity index (χ3n) is 4.94. The minimum atomic E-state index is -0.527. The Kier molecular flexibility index (Phi) is 5.81. The predicted molar refractivity (Wildman–Crippen MR) is 87.8 cm³/mol. The molecule has 1 heterocycles. The van der Waals surface area contributed by atoms with Gasteiger partial charge >= 0.3 is 0 Å². The van der Waals surface area contributed by atoms with Crippen LogP contribution in [0.1, 0.15) is 44.1 Å². The van der Waals surface area contributed by atoms with Crippen molar-refractivity contribution >= 4 is 18.3 Å². The molecule has 2 N–H and O–H groups in total. The molecule has 1 aliphatic heterocycles. The molecule has 0 aromatic heterocycles. The van der Waals surface area contributed by atoms with Crippen molar-refractivity contribution in [2.24, 2.45) is 0 Å². The van der Waals surface area contributed by atoms with Gasteiger partial charge in [0.2, 0.25) is 5.91 Å². The van der Waals surface area contributed by atoms with E-state index in [0.29, 0.717) is 12.6 Å². The highest BCUT2D eigenvalue weighted by Gasteiger charge is 2.42. The zero-order chi connectivity index (χ0) is 14.7. The SMILES string of the molecule is Cl.O=C(NCC1CCCN1)C1(c2cccc(F)c2)CCCC1. The van der Waals surface area contributed by atoms with Gasteiger partial charge in [-0.3, -0.25) is 4.79 Å². The molecule has 1 atom stereocenters. The number of hydrogen-bond acceptors (Lipinski definition) is 2. The Morgan fingerprint density at radius 2 is 2.09 bits per heavy atom. The van der Waals surface area contributed by atoms with Gasteiger partial charge < -0.3 is 10.6 Å². The molecular weight excluding hydrogens is 303 g/mol. The highest BCUT2D eigenvalue weighted by Crippen LogP contribution is 2.41. The van der Waals surface area contributed by atoms with E-state index >= 15 is 0 Å². The van der Waals surface area contributed by atoms with Crippen LogP contribution in [0.15, 0.2) is 24.3 Å². The van der Waals surface area contributed by atoms with Gasteiger partial charge in [-0.1, -0.05) is 25.0 Å². The predicted octanol–water partition coefficient (Wildman–Crippen LogP) is 2.93. The molecule has 1 amide bonds. The molecule has 122 valence electrons. The van der Waals surface area contributed by atoms with E-state index in [-0.39, 0.29) is 24.1 Å². The largest absolute Gasteiger partial charge is 0.354 e. The molecule has 2 fully saturated rings. The van der Waals surface area contributed by atoms with E-state index in [4.69, 9.17) is 0 Å². The molecule has 0 bridgehead atoms. The molecule has 1 aliphatic carbocycles. The molecule has 1 saturated carbocycles. The van der Waals surface area contributed by atoms with Crippen molar-refractivity contribution < 1.29 is 9.18 Å². The maximum absolute atomic E-state index is 13.5. The number of halogens is 2. The maximum atomic E-state index is 13.5. The molecule has 0 radical (unpaired) electrons. The summed E-state index contributed by atoms with van der Waals surface area (Å²) in [4.78, 5) is 12.8. The summed E-state index contributed by atoms with van der Waals surface area (Å²) in [5.74, 6) is -0.191. The van der Waals surface area contributed by atoms with Crippen molar-refractivity contribution in [1.29, 1.82) is 0 Å². The zero-order valence-electron chi connectivity index (χ0n) is 12.7. The molecule has 3 rings (SSSR count). The number of amides is 1. The van der Waals surface area contributed by atoms with Crippen LogP contribution in [0.4, 0.5) is 4.39 Å². The summed E-state index contributed by atoms with van der Waals surface area (Å²) < 4.78 is 13.5. The second-order valence-corrected chi connectivity index (χ2v) is 6.30. The van der Waals surface area contributed by atoms with Crippen LogP contribution in [-0.4, -0.2) is 25.0 Å². The van der Waals surface area contributed by atoms with E-state index in [1.54, 1.807) is 6.07 Å². The lowest BCUT2D eigenvalue weighted by Crippen LogP contribution is -2.46. The minimum Gasteiger partial charge on any atom is -0.354 e. The van der Waals surface area contributed by atoms with Crippen molar-refractivity contribution in [2.45, 2.75) is 50.0 Å². The standard InChI is InChI=1S/C17H23FN2O.ClH/c18-14-6-3-5-13(11-14)17(8-1-2-9-17)16(21)20-12-15-7-4-10-19-15;/h3,5-6,11,15,19H,1-2,4,7-10,12H2,(H,20,21);1H. The Hall–Kier alpha value is -1.13. The minimum absolute atomic E-state index is 0. The normalized spacial score (nSPS) is 23.0. The second-order valence-electron chi connectivity index (χ2n) is 6.30. The second kappa shape index (κ2) is 7.42. The first kappa shape index (κ1) is 17.2. The lowest BCUT2D eigenvalue weighted by Gasteiger charge is -2.29. The molecule has 1 aromatic carbocycles. The van der Waals surface area contributed by atoms with Gasteiger partial charge in [0.25, 0.3) is 0 Å². The van der Waals surface area contributed by atoms with Gasteiger partial charge in [-0.15, -0.1) is 12.4 Å². The van der Waals surface area contributed by atoms with Crippen LogP contribution < -0.4 is 10.6 Å². The summed E-state index contributed by atoms with van der Waals surface area (Å²) >= 11 is 0. The Morgan fingerprint density at radius 1 is 1.32 bits per heavy atom. The Labute approximate surface area is 137 Å². The Balaban J connectivity index is 0.00000176. The van der Waals surface area contributed by atoms with E-state index in [2.05, 4.69) is 10.6 Å². The number of rotatable bonds is 4. The third kappa shape index (κ3) is 3.44. The quantitative estimate of drug-likeness (QED) is 0.893. The van der Waals surface area contributed by atoms with E-state index in [9.17, 15) is 9.18 Å². The first-order valence-electron chi connectivity index (χ1n) is 7.98. The molecule has 0 spiro atoms. The maximum Gasteiger partial charge on any atom is 0.230 e. The van der Waals surface area contributed by atoms with Crippen LogP contribution >= 0.6 is 12.4 Å². The fourth-order valence-corrected chi connectivity index (χ4v) is 3.73. The molecular formula is C17H24ClFN2O. The average Bonchev–Trinajstić information content (AvgIpc) is 3.17. The first-order valence-corrected chi connectivity index (χ1v) is 7.98. The fourth-order valence-electron chi connectivity index (χ4n) is 3.73. The van der Waals surface area contributed by atoms with E-state index < -0.39 is 5.41 Å². The summed E-state index contributed by atoms with van der Waals surface area (Å²) in [7, 11) is 0. The third-order valence-corrected chi connectivity index (χ3v) is 4.94. The van der Waals surface area contributed by atoms with Crippen molar-refractivity contribution in [3.63, 3.8) is 0 Å². The van der Waals surface area contributed by atoms with Crippen molar-refractivity contribution in [3.05, 3.63) is 35.6 Å². The summed E-state index contributed by atoms with van der Waals surface area (Å²) in [6.07, 6.45) is 6.00. The number of nitrogens with one attached hydrogen (secondary N) is 2. The van der Waals surface area contributed by atoms with Gasteiger partial charge in [0.1, 0.15) is 5.82 Å². The van der Waals surface area contributed by atoms with E-state index in [1.807, 2.05) is 6.07 Å². The van der Waals surface area contributed by atoms with Crippen molar-refractivity contribution in [1.82, 2.24) is 10.6 Å². The van der Waals surface area contributed by atoms with E-state index in [0.717, 1.165) is 44.2 Å². The lowest BCUT2D eigenvalue weighted by molar-refractivity contribution is -0.126. The molecule has 1 unspecified atom stereocenters. The van der Waals surface area contributed by atoms with Crippen LogP contribution in [0.25, 0.3) is 0 Å². The van der Waals surface area contributed by atoms with Gasteiger partial charge in [-0.25, -0.2) is 4.39 Å². The number of hydrogen-bond donors (Lipinski definition) is 2. The highest BCUT2D eigenvalue weighted by molar-refractivity contribution is 5.88. The smallest absolute Gasteiger partial charge is 0.230 e. The summed E-state index contributed by atoms with van der Waals surface area (Å²) in [5, 5.41) is 6.49. The van der Waals surface area contributed by atoms with Crippen LogP contribution in [0, 0.1) is 5.82 Å².